The molecule has 3 N–H and O–H groups in total. The molecule has 4 aromatic rings. The summed E-state index contributed by atoms with van der Waals surface area (Å²) in [5.41, 5.74) is 2.87. The number of pyridine rings is 1. The van der Waals surface area contributed by atoms with E-state index in [1.165, 1.54) is 17.8 Å². The van der Waals surface area contributed by atoms with E-state index in [1.807, 2.05) is 18.2 Å². The van der Waals surface area contributed by atoms with Gasteiger partial charge in [0.15, 0.2) is 5.82 Å². The van der Waals surface area contributed by atoms with Crippen LogP contribution in [0.1, 0.15) is 21.5 Å². The van der Waals surface area contributed by atoms with Crippen molar-refractivity contribution in [3.05, 3.63) is 83.2 Å². The SMILES string of the molecule is O=C(c1c(F)ccc(NS)c1F)c1c[nH]c2ncc(-c3ccc(CN4CCNCC4)cc3)cc12. The van der Waals surface area contributed by atoms with Crippen molar-refractivity contribution in [2.24, 2.45) is 0 Å². The first-order valence-electron chi connectivity index (χ1n) is 11.0. The third-order valence-electron chi connectivity index (χ3n) is 6.12. The van der Waals surface area contributed by atoms with Crippen LogP contribution in [0.25, 0.3) is 22.2 Å². The number of aromatic nitrogens is 2. The predicted molar refractivity (Wildman–Crippen MR) is 132 cm³/mol. The lowest BCUT2D eigenvalue weighted by Gasteiger charge is -2.27. The average Bonchev–Trinajstić information content (AvgIpc) is 3.28. The Morgan fingerprint density at radius 1 is 1.09 bits per heavy atom. The number of hydrogen-bond donors (Lipinski definition) is 4. The number of carbonyl (C=O) groups excluding carboxylic acids is 1. The number of anilines is 1. The number of nitrogens with one attached hydrogen (secondary N) is 3. The Morgan fingerprint density at radius 3 is 2.59 bits per heavy atom. The largest absolute Gasteiger partial charge is 0.345 e. The minimum atomic E-state index is -0.987. The van der Waals surface area contributed by atoms with Crippen LogP contribution in [0.3, 0.4) is 0 Å². The molecule has 1 saturated heterocycles. The molecule has 0 spiro atoms. The molecule has 0 bridgehead atoms. The Labute approximate surface area is 200 Å². The number of rotatable bonds is 6. The molecule has 5 rings (SSSR count). The van der Waals surface area contributed by atoms with Gasteiger partial charge >= 0.3 is 0 Å². The molecule has 2 aromatic heterocycles. The first-order valence-corrected chi connectivity index (χ1v) is 11.4. The summed E-state index contributed by atoms with van der Waals surface area (Å²) in [5, 5.41) is 3.85. The standard InChI is InChI=1S/C25H23F2N5OS/c26-20-5-6-21(31-34)23(27)22(20)24(33)19-13-30-25-18(19)11-17(12-29-25)16-3-1-15(2-4-16)14-32-9-7-28-8-10-32/h1-6,11-13,28,31,34H,7-10,14H2,(H,29,30). The van der Waals surface area contributed by atoms with Crippen LogP contribution in [0.4, 0.5) is 14.5 Å². The second kappa shape index (κ2) is 9.54. The normalized spacial score (nSPS) is 14.4. The number of H-pyrrole nitrogens is 1. The number of ketones is 1. The van der Waals surface area contributed by atoms with Crippen LogP contribution in [0.5, 0.6) is 0 Å². The van der Waals surface area contributed by atoms with Crippen molar-refractivity contribution in [1.82, 2.24) is 20.2 Å². The summed E-state index contributed by atoms with van der Waals surface area (Å²) in [6.07, 6.45) is 3.14. The highest BCUT2D eigenvalue weighted by molar-refractivity contribution is 7.81. The van der Waals surface area contributed by atoms with Crippen LogP contribution in [0.2, 0.25) is 0 Å². The van der Waals surface area contributed by atoms with Gasteiger partial charge in [-0.2, -0.15) is 0 Å². The second-order valence-corrected chi connectivity index (χ2v) is 8.49. The molecule has 1 aliphatic rings. The highest BCUT2D eigenvalue weighted by Gasteiger charge is 2.24. The van der Waals surface area contributed by atoms with E-state index in [4.69, 9.17) is 0 Å². The quantitative estimate of drug-likeness (QED) is 0.244. The summed E-state index contributed by atoms with van der Waals surface area (Å²) in [5.74, 6) is -2.69. The van der Waals surface area contributed by atoms with Gasteiger partial charge in [-0.15, -0.1) is 0 Å². The monoisotopic (exact) mass is 479 g/mol. The second-order valence-electron chi connectivity index (χ2n) is 8.27. The van der Waals surface area contributed by atoms with Crippen LogP contribution in [-0.4, -0.2) is 46.8 Å². The molecule has 1 fully saturated rings. The number of benzene rings is 2. The number of hydrogen-bond acceptors (Lipinski definition) is 6. The molecule has 34 heavy (non-hydrogen) atoms. The van der Waals surface area contributed by atoms with Crippen molar-refractivity contribution >= 4 is 35.3 Å². The van der Waals surface area contributed by atoms with Crippen LogP contribution in [0, 0.1) is 11.6 Å². The van der Waals surface area contributed by atoms with Crippen molar-refractivity contribution < 1.29 is 13.6 Å². The lowest BCUT2D eigenvalue weighted by molar-refractivity contribution is 0.103. The molecular weight excluding hydrogens is 456 g/mol. The molecule has 6 nitrogen and oxygen atoms in total. The summed E-state index contributed by atoms with van der Waals surface area (Å²) >= 11 is 3.82. The summed E-state index contributed by atoms with van der Waals surface area (Å²) in [6, 6.07) is 12.3. The van der Waals surface area contributed by atoms with Crippen LogP contribution in [-0.2, 0) is 6.54 Å². The molecule has 0 atom stereocenters. The summed E-state index contributed by atoms with van der Waals surface area (Å²) < 4.78 is 31.5. The minimum Gasteiger partial charge on any atom is -0.345 e. The number of fused-ring (bicyclic) bond motifs is 1. The molecule has 1 aliphatic heterocycles. The van der Waals surface area contributed by atoms with E-state index >= 15 is 0 Å². The average molecular weight is 480 g/mol. The van der Waals surface area contributed by atoms with Crippen LogP contribution >= 0.6 is 12.8 Å². The van der Waals surface area contributed by atoms with Crippen molar-refractivity contribution in [2.75, 3.05) is 30.9 Å². The molecule has 0 aliphatic carbocycles. The smallest absolute Gasteiger partial charge is 0.201 e. The maximum atomic E-state index is 14.7. The number of piperazine rings is 1. The zero-order chi connectivity index (χ0) is 23.7. The van der Waals surface area contributed by atoms with E-state index in [0.717, 1.165) is 49.9 Å². The maximum Gasteiger partial charge on any atom is 0.201 e. The minimum absolute atomic E-state index is 0.0763. The van der Waals surface area contributed by atoms with Gasteiger partial charge in [0.2, 0.25) is 5.78 Å². The Balaban J connectivity index is 1.45. The Kier molecular flexibility index (Phi) is 6.32. The fraction of sp³-hybridized carbons (Fsp3) is 0.200. The van der Waals surface area contributed by atoms with Gasteiger partial charge in [0.05, 0.1) is 11.3 Å². The highest BCUT2D eigenvalue weighted by Crippen LogP contribution is 2.29. The van der Waals surface area contributed by atoms with Gasteiger partial charge in [0, 0.05) is 61.6 Å². The number of halogens is 2. The lowest BCUT2D eigenvalue weighted by atomic mass is 9.99. The summed E-state index contributed by atoms with van der Waals surface area (Å²) in [7, 11) is 0. The van der Waals surface area contributed by atoms with Gasteiger partial charge in [-0.05, 0) is 29.3 Å². The lowest BCUT2D eigenvalue weighted by Crippen LogP contribution is -2.42. The van der Waals surface area contributed by atoms with E-state index in [0.29, 0.717) is 11.0 Å². The molecule has 0 unspecified atom stereocenters. The van der Waals surface area contributed by atoms with E-state index in [-0.39, 0.29) is 11.3 Å². The molecule has 9 heteroatoms. The summed E-state index contributed by atoms with van der Waals surface area (Å²) in [6.45, 7) is 4.96. The molecule has 3 heterocycles. The Bertz CT molecular complexity index is 1350. The highest BCUT2D eigenvalue weighted by atomic mass is 32.1. The van der Waals surface area contributed by atoms with Crippen molar-refractivity contribution in [2.45, 2.75) is 6.54 Å². The Hall–Kier alpha value is -3.27. The van der Waals surface area contributed by atoms with E-state index < -0.39 is 23.0 Å². The van der Waals surface area contributed by atoms with Crippen LogP contribution in [0.15, 0.2) is 54.9 Å². The van der Waals surface area contributed by atoms with E-state index in [1.54, 1.807) is 6.20 Å². The van der Waals surface area contributed by atoms with Crippen molar-refractivity contribution in [1.29, 1.82) is 0 Å². The Morgan fingerprint density at radius 2 is 1.85 bits per heavy atom. The van der Waals surface area contributed by atoms with Gasteiger partial charge < -0.3 is 15.0 Å². The van der Waals surface area contributed by atoms with E-state index in [9.17, 15) is 13.6 Å². The van der Waals surface area contributed by atoms with Gasteiger partial charge in [-0.3, -0.25) is 9.69 Å². The van der Waals surface area contributed by atoms with E-state index in [2.05, 4.69) is 49.9 Å². The molecule has 0 radical (unpaired) electrons. The van der Waals surface area contributed by atoms with Gasteiger partial charge in [0.1, 0.15) is 11.5 Å². The van der Waals surface area contributed by atoms with Gasteiger partial charge in [-0.1, -0.05) is 37.1 Å². The zero-order valence-corrected chi connectivity index (χ0v) is 19.1. The number of nitrogens with zero attached hydrogens (tertiary/aromatic N) is 2. The number of thiol groups is 1. The van der Waals surface area contributed by atoms with Gasteiger partial charge in [0.25, 0.3) is 0 Å². The first-order chi connectivity index (χ1) is 16.5. The topological polar surface area (TPSA) is 73.0 Å². The molecule has 2 aromatic carbocycles. The third kappa shape index (κ3) is 4.29. The van der Waals surface area contributed by atoms with Crippen LogP contribution < -0.4 is 10.0 Å². The fourth-order valence-corrected chi connectivity index (χ4v) is 4.43. The molecule has 0 saturated carbocycles. The molecule has 0 amide bonds. The fourth-order valence-electron chi connectivity index (χ4n) is 4.26. The third-order valence-corrected chi connectivity index (χ3v) is 6.36. The predicted octanol–water partition coefficient (Wildman–Crippen LogP) is 4.40. The maximum absolute atomic E-state index is 14.7. The molecular formula is C25H23F2N5OS. The number of aromatic amines is 1. The first kappa shape index (κ1) is 22.5. The van der Waals surface area contributed by atoms with Crippen molar-refractivity contribution in [3.63, 3.8) is 0 Å². The van der Waals surface area contributed by atoms with Gasteiger partial charge in [-0.25, -0.2) is 13.8 Å². The number of carbonyl (C=O) groups is 1. The summed E-state index contributed by atoms with van der Waals surface area (Å²) in [4.78, 5) is 22.9. The van der Waals surface area contributed by atoms with Crippen molar-refractivity contribution in [3.8, 4) is 11.1 Å². The molecule has 174 valence electrons. The zero-order valence-electron chi connectivity index (χ0n) is 18.2.